The number of hydrogen-bond acceptors (Lipinski definition) is 1. The second-order valence-electron chi connectivity index (χ2n) is 3.54. The molecule has 80 valence electrons. The van der Waals surface area contributed by atoms with Gasteiger partial charge >= 0.3 is 5.71 Å². The van der Waals surface area contributed by atoms with Crippen LogP contribution in [0.5, 0.6) is 0 Å². The van der Waals surface area contributed by atoms with Crippen molar-refractivity contribution in [1.82, 2.24) is 0 Å². The number of anilines is 1. The monoisotopic (exact) mass is 275 g/mol. The van der Waals surface area contributed by atoms with Crippen molar-refractivity contribution in [3.8, 4) is 0 Å². The fraction of sp³-hybridized carbons (Fsp3) is 0.0833. The smallest absolute Gasteiger partial charge is 0.304 e. The Kier molecular flexibility index (Phi) is 3.04. The highest BCUT2D eigenvalue weighted by molar-refractivity contribution is 9.11. The molecule has 1 aromatic rings. The van der Waals surface area contributed by atoms with Crippen LogP contribution in [0.4, 0.5) is 5.69 Å². The Morgan fingerprint density at radius 3 is 2.50 bits per heavy atom. The largest absolute Gasteiger partial charge is 0.399 e. The minimum absolute atomic E-state index is 0.604. The van der Waals surface area contributed by atoms with Gasteiger partial charge in [-0.1, -0.05) is 34.1 Å². The summed E-state index contributed by atoms with van der Waals surface area (Å²) >= 11 is 3.39. The first-order valence-electron chi connectivity index (χ1n) is 4.84. The summed E-state index contributed by atoms with van der Waals surface area (Å²) in [7, 11) is 0. The minimum Gasteiger partial charge on any atom is -0.399 e. The van der Waals surface area contributed by atoms with Crippen LogP contribution >= 0.6 is 15.9 Å². The van der Waals surface area contributed by atoms with E-state index in [9.17, 15) is 0 Å². The van der Waals surface area contributed by atoms with Gasteiger partial charge in [0.15, 0.2) is 0 Å². The average Bonchev–Trinajstić information content (AvgIpc) is 2.30. The van der Waals surface area contributed by atoms with Crippen LogP contribution < -0.4 is 5.73 Å². The Morgan fingerprint density at radius 2 is 1.88 bits per heavy atom. The average molecular weight is 276 g/mol. The van der Waals surface area contributed by atoms with E-state index in [0.29, 0.717) is 12.1 Å². The minimum atomic E-state index is 0.604. The number of halogens is 1. The van der Waals surface area contributed by atoms with E-state index in [4.69, 9.17) is 11.3 Å². The van der Waals surface area contributed by atoms with E-state index >= 15 is 0 Å². The lowest BCUT2D eigenvalue weighted by molar-refractivity contribution is -0.00451. The highest BCUT2D eigenvalue weighted by atomic mass is 79.9. The van der Waals surface area contributed by atoms with Crippen LogP contribution in [0, 0.1) is 0 Å². The Hall–Kier alpha value is -1.64. The van der Waals surface area contributed by atoms with E-state index in [2.05, 4.69) is 20.7 Å². The molecule has 0 bridgehead atoms. The molecule has 0 saturated heterocycles. The zero-order chi connectivity index (χ0) is 11.5. The van der Waals surface area contributed by atoms with Crippen molar-refractivity contribution in [3.05, 3.63) is 52.0 Å². The van der Waals surface area contributed by atoms with E-state index in [1.807, 2.05) is 36.4 Å². The van der Waals surface area contributed by atoms with E-state index < -0.39 is 0 Å². The number of allylic oxidation sites excluding steroid dienone is 4. The molecular weight excluding hydrogens is 266 g/mol. The summed E-state index contributed by atoms with van der Waals surface area (Å²) in [5.41, 5.74) is 17.9. The summed E-state index contributed by atoms with van der Waals surface area (Å²) in [6.45, 7) is 0. The molecule has 3 nitrogen and oxygen atoms in total. The molecule has 0 unspecified atom stereocenters. The molecule has 0 heterocycles. The van der Waals surface area contributed by atoms with Crippen molar-refractivity contribution < 1.29 is 4.79 Å². The molecule has 4 heteroatoms. The third kappa shape index (κ3) is 2.13. The highest BCUT2D eigenvalue weighted by Crippen LogP contribution is 2.26. The molecule has 1 aromatic carbocycles. The van der Waals surface area contributed by atoms with Crippen molar-refractivity contribution in [2.45, 2.75) is 6.42 Å². The zero-order valence-corrected chi connectivity index (χ0v) is 10.1. The summed E-state index contributed by atoms with van der Waals surface area (Å²) < 4.78 is 1.000. The molecule has 0 spiro atoms. The number of hydrogen-bond donors (Lipinski definition) is 1. The summed E-state index contributed by atoms with van der Waals surface area (Å²) in [4.78, 5) is 3.32. The number of rotatable bonds is 1. The van der Waals surface area contributed by atoms with Crippen LogP contribution in [-0.4, -0.2) is 10.5 Å². The van der Waals surface area contributed by atoms with E-state index in [0.717, 1.165) is 21.3 Å². The molecule has 0 fully saturated rings. The molecule has 0 atom stereocenters. The molecule has 16 heavy (non-hydrogen) atoms. The maximum atomic E-state index is 8.97. The first-order valence-corrected chi connectivity index (χ1v) is 5.63. The highest BCUT2D eigenvalue weighted by Gasteiger charge is 2.21. The van der Waals surface area contributed by atoms with Gasteiger partial charge in [0.05, 0.1) is 12.0 Å². The van der Waals surface area contributed by atoms with Gasteiger partial charge in [0.25, 0.3) is 0 Å². The van der Waals surface area contributed by atoms with Crippen molar-refractivity contribution in [3.63, 3.8) is 0 Å². The SMILES string of the molecule is [N-]=[N+]=C1CC(Br)=CC=C1c1ccc(N)cc1. The van der Waals surface area contributed by atoms with E-state index in [-0.39, 0.29) is 0 Å². The fourth-order valence-corrected chi connectivity index (χ4v) is 2.00. The topological polar surface area (TPSA) is 62.4 Å². The first kappa shape index (κ1) is 10.9. The van der Waals surface area contributed by atoms with Gasteiger partial charge < -0.3 is 11.3 Å². The van der Waals surface area contributed by atoms with E-state index in [1.54, 1.807) is 0 Å². The third-order valence-corrected chi connectivity index (χ3v) is 2.97. The molecular formula is C12H10BrN3. The lowest BCUT2D eigenvalue weighted by Crippen LogP contribution is -2.06. The Balaban J connectivity index is 2.47. The Bertz CT molecular complexity index is 520. The molecule has 0 aromatic heterocycles. The van der Waals surface area contributed by atoms with Crippen molar-refractivity contribution in [1.29, 1.82) is 0 Å². The second kappa shape index (κ2) is 4.47. The van der Waals surface area contributed by atoms with Gasteiger partial charge in [-0.3, -0.25) is 0 Å². The molecule has 1 aliphatic rings. The standard InChI is InChI=1S/C12H10BrN3/c13-9-3-6-11(12(7-9)16-15)8-1-4-10(14)5-2-8/h1-6H,7,14H2. The fourth-order valence-electron chi connectivity index (χ4n) is 1.60. The molecule has 0 radical (unpaired) electrons. The Morgan fingerprint density at radius 1 is 1.19 bits per heavy atom. The lowest BCUT2D eigenvalue weighted by atomic mass is 9.95. The molecule has 2 rings (SSSR count). The maximum Gasteiger partial charge on any atom is 0.304 e. The molecule has 0 aliphatic heterocycles. The van der Waals surface area contributed by atoms with Crippen molar-refractivity contribution >= 4 is 32.9 Å². The lowest BCUT2D eigenvalue weighted by Gasteiger charge is -2.07. The molecule has 0 amide bonds. The number of nitrogens with two attached hydrogens (primary N) is 1. The van der Waals surface area contributed by atoms with Crippen LogP contribution in [0.2, 0.25) is 0 Å². The number of nitrogen functional groups attached to an aromatic ring is 1. The quantitative estimate of drug-likeness (QED) is 0.478. The summed E-state index contributed by atoms with van der Waals surface area (Å²) in [5.74, 6) is 0. The predicted molar refractivity (Wildman–Crippen MR) is 69.1 cm³/mol. The zero-order valence-electron chi connectivity index (χ0n) is 8.52. The first-order chi connectivity index (χ1) is 7.70. The number of nitrogens with zero attached hydrogens (tertiary/aromatic N) is 2. The Labute approximate surface area is 102 Å². The van der Waals surface area contributed by atoms with Crippen molar-refractivity contribution in [2.75, 3.05) is 5.73 Å². The van der Waals surface area contributed by atoms with E-state index in [1.165, 1.54) is 0 Å². The van der Waals surface area contributed by atoms with Crippen LogP contribution in [0.15, 0.2) is 40.9 Å². The van der Waals surface area contributed by atoms with Gasteiger partial charge in [-0.05, 0) is 23.8 Å². The van der Waals surface area contributed by atoms with Gasteiger partial charge in [-0.2, -0.15) is 4.79 Å². The van der Waals surface area contributed by atoms with Gasteiger partial charge in [0.1, 0.15) is 0 Å². The van der Waals surface area contributed by atoms with Gasteiger partial charge in [0, 0.05) is 10.2 Å². The third-order valence-electron chi connectivity index (χ3n) is 2.42. The summed E-state index contributed by atoms with van der Waals surface area (Å²) in [6, 6.07) is 7.50. The molecule has 1 aliphatic carbocycles. The van der Waals surface area contributed by atoms with Gasteiger partial charge in [0.2, 0.25) is 0 Å². The normalized spacial score (nSPS) is 15.2. The van der Waals surface area contributed by atoms with Crippen LogP contribution in [0.3, 0.4) is 0 Å². The molecule has 0 saturated carbocycles. The maximum absolute atomic E-state index is 8.97. The van der Waals surface area contributed by atoms with Crippen LogP contribution in [0.1, 0.15) is 12.0 Å². The van der Waals surface area contributed by atoms with Crippen LogP contribution in [0.25, 0.3) is 11.1 Å². The van der Waals surface area contributed by atoms with Gasteiger partial charge in [-0.25, -0.2) is 0 Å². The van der Waals surface area contributed by atoms with Crippen molar-refractivity contribution in [2.24, 2.45) is 0 Å². The summed E-state index contributed by atoms with van der Waals surface area (Å²) in [6.07, 6.45) is 4.49. The predicted octanol–water partition coefficient (Wildman–Crippen LogP) is 3.01. The van der Waals surface area contributed by atoms with Gasteiger partial charge in [-0.15, -0.1) is 0 Å². The second-order valence-corrected chi connectivity index (χ2v) is 4.56. The summed E-state index contributed by atoms with van der Waals surface area (Å²) in [5, 5.41) is 0. The molecule has 2 N–H and O–H groups in total. The van der Waals surface area contributed by atoms with Crippen LogP contribution in [-0.2, 0) is 0 Å². The number of benzene rings is 1.